The highest BCUT2D eigenvalue weighted by molar-refractivity contribution is 7.98. The molecule has 2 aromatic rings. The summed E-state index contributed by atoms with van der Waals surface area (Å²) in [6, 6.07) is 14.8. The molecule has 22 heavy (non-hydrogen) atoms. The molecule has 1 N–H and O–H groups in total. The van der Waals surface area contributed by atoms with E-state index in [1.807, 2.05) is 30.5 Å². The lowest BCUT2D eigenvalue weighted by atomic mass is 10.3. The number of carbonyl (C=O) groups excluding carboxylic acids is 1. The van der Waals surface area contributed by atoms with Crippen LogP contribution in [-0.4, -0.2) is 25.4 Å². The molecule has 0 unspecified atom stereocenters. The molecule has 1 atom stereocenters. The molecule has 0 aliphatic carbocycles. The van der Waals surface area contributed by atoms with Crippen molar-refractivity contribution in [3.63, 3.8) is 0 Å². The summed E-state index contributed by atoms with van der Waals surface area (Å²) in [7, 11) is 1.61. The second-order valence-electron chi connectivity index (χ2n) is 4.66. The van der Waals surface area contributed by atoms with Gasteiger partial charge in [-0.05, 0) is 55.6 Å². The van der Waals surface area contributed by atoms with Gasteiger partial charge in [0.25, 0.3) is 5.91 Å². The number of anilines is 1. The standard InChI is InChI=1S/C17H19NO3S/c1-12(21-15-9-7-14(20-2)8-10-15)17(19)18-13-5-4-6-16(11-13)22-3/h4-12H,1-3H3,(H,18,19)/t12-/m0/s1. The van der Waals surface area contributed by atoms with E-state index in [9.17, 15) is 4.79 Å². The van der Waals surface area contributed by atoms with E-state index in [2.05, 4.69) is 5.32 Å². The summed E-state index contributed by atoms with van der Waals surface area (Å²) < 4.78 is 10.7. The zero-order chi connectivity index (χ0) is 15.9. The minimum absolute atomic E-state index is 0.186. The predicted octanol–water partition coefficient (Wildman–Crippen LogP) is 3.82. The van der Waals surface area contributed by atoms with Crippen LogP contribution in [0.25, 0.3) is 0 Å². The third-order valence-corrected chi connectivity index (χ3v) is 3.80. The van der Waals surface area contributed by atoms with Gasteiger partial charge in [-0.3, -0.25) is 4.79 Å². The van der Waals surface area contributed by atoms with Gasteiger partial charge in [-0.25, -0.2) is 0 Å². The third-order valence-electron chi connectivity index (χ3n) is 3.08. The Labute approximate surface area is 134 Å². The lowest BCUT2D eigenvalue weighted by molar-refractivity contribution is -0.122. The van der Waals surface area contributed by atoms with E-state index in [1.54, 1.807) is 50.1 Å². The first-order valence-corrected chi connectivity index (χ1v) is 8.10. The van der Waals surface area contributed by atoms with Crippen molar-refractivity contribution in [2.75, 3.05) is 18.7 Å². The van der Waals surface area contributed by atoms with E-state index in [0.29, 0.717) is 5.75 Å². The van der Waals surface area contributed by atoms with Crippen LogP contribution in [0.4, 0.5) is 5.69 Å². The number of ether oxygens (including phenoxy) is 2. The smallest absolute Gasteiger partial charge is 0.265 e. The van der Waals surface area contributed by atoms with Gasteiger partial charge in [0, 0.05) is 10.6 Å². The van der Waals surface area contributed by atoms with E-state index in [4.69, 9.17) is 9.47 Å². The van der Waals surface area contributed by atoms with Gasteiger partial charge in [0.15, 0.2) is 6.10 Å². The zero-order valence-corrected chi connectivity index (χ0v) is 13.6. The van der Waals surface area contributed by atoms with E-state index in [1.165, 1.54) is 0 Å². The highest BCUT2D eigenvalue weighted by atomic mass is 32.2. The fourth-order valence-electron chi connectivity index (χ4n) is 1.86. The second-order valence-corrected chi connectivity index (χ2v) is 5.54. The highest BCUT2D eigenvalue weighted by Gasteiger charge is 2.15. The molecule has 0 saturated heterocycles. The van der Waals surface area contributed by atoms with Gasteiger partial charge < -0.3 is 14.8 Å². The van der Waals surface area contributed by atoms with Crippen LogP contribution in [0.15, 0.2) is 53.4 Å². The SMILES string of the molecule is COc1ccc(O[C@@H](C)C(=O)Nc2cccc(SC)c2)cc1. The Hall–Kier alpha value is -2.14. The molecule has 116 valence electrons. The largest absolute Gasteiger partial charge is 0.497 e. The number of hydrogen-bond donors (Lipinski definition) is 1. The van der Waals surface area contributed by atoms with E-state index in [0.717, 1.165) is 16.3 Å². The van der Waals surface area contributed by atoms with Crippen molar-refractivity contribution >= 4 is 23.4 Å². The predicted molar refractivity (Wildman–Crippen MR) is 89.9 cm³/mol. The van der Waals surface area contributed by atoms with Crippen LogP contribution in [0.5, 0.6) is 11.5 Å². The lowest BCUT2D eigenvalue weighted by Crippen LogP contribution is -2.30. The van der Waals surface area contributed by atoms with Crippen LogP contribution in [0.3, 0.4) is 0 Å². The maximum absolute atomic E-state index is 12.2. The molecular weight excluding hydrogens is 298 g/mol. The Morgan fingerprint density at radius 1 is 1.14 bits per heavy atom. The van der Waals surface area contributed by atoms with Gasteiger partial charge in [0.1, 0.15) is 11.5 Å². The fourth-order valence-corrected chi connectivity index (χ4v) is 2.32. The summed E-state index contributed by atoms with van der Waals surface area (Å²) in [6.07, 6.45) is 1.41. The van der Waals surface area contributed by atoms with E-state index in [-0.39, 0.29) is 5.91 Å². The van der Waals surface area contributed by atoms with Crippen LogP contribution < -0.4 is 14.8 Å². The molecular formula is C17H19NO3S. The summed E-state index contributed by atoms with van der Waals surface area (Å²) in [4.78, 5) is 13.3. The fraction of sp³-hybridized carbons (Fsp3) is 0.235. The van der Waals surface area contributed by atoms with Crippen molar-refractivity contribution in [1.82, 2.24) is 0 Å². The number of benzene rings is 2. The number of thioether (sulfide) groups is 1. The molecule has 2 rings (SSSR count). The van der Waals surface area contributed by atoms with Gasteiger partial charge in [0.2, 0.25) is 0 Å². The number of amides is 1. The average molecular weight is 317 g/mol. The molecule has 0 aliphatic heterocycles. The normalized spacial score (nSPS) is 11.6. The van der Waals surface area contributed by atoms with Crippen LogP contribution >= 0.6 is 11.8 Å². The summed E-state index contributed by atoms with van der Waals surface area (Å²) in [5.74, 6) is 1.19. The summed E-state index contributed by atoms with van der Waals surface area (Å²) >= 11 is 1.63. The topological polar surface area (TPSA) is 47.6 Å². The number of carbonyl (C=O) groups is 1. The maximum Gasteiger partial charge on any atom is 0.265 e. The Kier molecular flexibility index (Phi) is 5.72. The Balaban J connectivity index is 1.96. The molecule has 0 spiro atoms. The Morgan fingerprint density at radius 3 is 2.45 bits per heavy atom. The Morgan fingerprint density at radius 2 is 1.82 bits per heavy atom. The number of methoxy groups -OCH3 is 1. The second kappa shape index (κ2) is 7.75. The van der Waals surface area contributed by atoms with Crippen LogP contribution in [-0.2, 0) is 4.79 Å². The first-order valence-electron chi connectivity index (χ1n) is 6.88. The van der Waals surface area contributed by atoms with Gasteiger partial charge >= 0.3 is 0 Å². The molecule has 0 heterocycles. The molecule has 0 saturated carbocycles. The maximum atomic E-state index is 12.2. The summed E-state index contributed by atoms with van der Waals surface area (Å²) in [5, 5.41) is 2.86. The molecule has 0 radical (unpaired) electrons. The number of nitrogens with one attached hydrogen (secondary N) is 1. The van der Waals surface area contributed by atoms with Gasteiger partial charge in [-0.1, -0.05) is 6.07 Å². The van der Waals surface area contributed by atoms with E-state index < -0.39 is 6.10 Å². The molecule has 0 aliphatic rings. The number of rotatable bonds is 6. The molecule has 0 aromatic heterocycles. The zero-order valence-electron chi connectivity index (χ0n) is 12.8. The quantitative estimate of drug-likeness (QED) is 0.823. The minimum Gasteiger partial charge on any atom is -0.497 e. The highest BCUT2D eigenvalue weighted by Crippen LogP contribution is 2.20. The van der Waals surface area contributed by atoms with Crippen molar-refractivity contribution in [2.24, 2.45) is 0 Å². The van der Waals surface area contributed by atoms with E-state index >= 15 is 0 Å². The van der Waals surface area contributed by atoms with Crippen molar-refractivity contribution in [3.8, 4) is 11.5 Å². The Bertz CT molecular complexity index is 628. The van der Waals surface area contributed by atoms with Crippen LogP contribution in [0, 0.1) is 0 Å². The first-order chi connectivity index (χ1) is 10.6. The van der Waals surface area contributed by atoms with Gasteiger partial charge in [0.05, 0.1) is 7.11 Å². The monoisotopic (exact) mass is 317 g/mol. The molecule has 2 aromatic carbocycles. The third kappa shape index (κ3) is 4.43. The molecule has 1 amide bonds. The van der Waals surface area contributed by atoms with Crippen molar-refractivity contribution in [1.29, 1.82) is 0 Å². The number of hydrogen-bond acceptors (Lipinski definition) is 4. The lowest BCUT2D eigenvalue weighted by Gasteiger charge is -2.15. The molecule has 0 bridgehead atoms. The van der Waals surface area contributed by atoms with Gasteiger partial charge in [-0.15, -0.1) is 11.8 Å². The van der Waals surface area contributed by atoms with Crippen LogP contribution in [0.1, 0.15) is 6.92 Å². The minimum atomic E-state index is -0.591. The summed E-state index contributed by atoms with van der Waals surface area (Å²) in [6.45, 7) is 1.72. The van der Waals surface area contributed by atoms with Crippen molar-refractivity contribution in [2.45, 2.75) is 17.9 Å². The van der Waals surface area contributed by atoms with Crippen molar-refractivity contribution in [3.05, 3.63) is 48.5 Å². The summed E-state index contributed by atoms with van der Waals surface area (Å²) in [5.41, 5.74) is 0.766. The molecule has 0 fully saturated rings. The van der Waals surface area contributed by atoms with Crippen LogP contribution in [0.2, 0.25) is 0 Å². The van der Waals surface area contributed by atoms with Gasteiger partial charge in [-0.2, -0.15) is 0 Å². The average Bonchev–Trinajstić information content (AvgIpc) is 2.55. The molecule has 4 nitrogen and oxygen atoms in total. The van der Waals surface area contributed by atoms with Crippen molar-refractivity contribution < 1.29 is 14.3 Å². The molecule has 5 heteroatoms. The first kappa shape index (κ1) is 16.2.